The van der Waals surface area contributed by atoms with Crippen LogP contribution in [0.5, 0.6) is 0 Å². The van der Waals surface area contributed by atoms with Crippen molar-refractivity contribution < 1.29 is 16.5 Å². The third-order valence-electron chi connectivity index (χ3n) is 3.70. The first kappa shape index (κ1) is 21.0. The second-order valence-corrected chi connectivity index (χ2v) is 19.8. The molecule has 1 heterocycles. The maximum atomic E-state index is 6.61. The van der Waals surface area contributed by atoms with Crippen molar-refractivity contribution in [2.24, 2.45) is 0 Å². The predicted octanol–water partition coefficient (Wildman–Crippen LogP) is 4.72. The molecule has 0 bridgehead atoms. The lowest BCUT2D eigenvalue weighted by Crippen LogP contribution is -2.66. The summed E-state index contributed by atoms with van der Waals surface area (Å²) in [4.78, 5) is 0. The average molecular weight is 389 g/mol. The zero-order chi connectivity index (χ0) is 17.8. The molecule has 0 N–H and O–H groups in total. The van der Waals surface area contributed by atoms with Gasteiger partial charge in [-0.15, -0.1) is 0 Å². The van der Waals surface area contributed by atoms with Crippen LogP contribution in [0.1, 0.15) is 27.7 Å². The van der Waals surface area contributed by atoms with Gasteiger partial charge in [0.2, 0.25) is 0 Å². The number of hydrogen-bond acceptors (Lipinski definition) is 4. The van der Waals surface area contributed by atoms with E-state index in [1.54, 1.807) is 0 Å². The number of rotatable bonds is 4. The van der Waals surface area contributed by atoms with Crippen LogP contribution in [0.2, 0.25) is 32.2 Å². The Balaban J connectivity index is 3.38. The Morgan fingerprint density at radius 2 is 0.913 bits per heavy atom. The highest BCUT2D eigenvalue weighted by atomic mass is 28.5. The molecule has 0 radical (unpaired) electrons. The molecule has 1 rings (SSSR count). The Labute approximate surface area is 146 Å². The molecule has 0 amide bonds. The van der Waals surface area contributed by atoms with Crippen LogP contribution < -0.4 is 0 Å². The number of allylic oxidation sites excluding steroid dienone is 3. The van der Waals surface area contributed by atoms with Gasteiger partial charge in [-0.1, -0.05) is 25.2 Å². The van der Waals surface area contributed by atoms with Gasteiger partial charge in [0.05, 0.1) is 0 Å². The van der Waals surface area contributed by atoms with Crippen molar-refractivity contribution in [3.8, 4) is 0 Å². The van der Waals surface area contributed by atoms with E-state index >= 15 is 0 Å². The summed E-state index contributed by atoms with van der Waals surface area (Å²) in [6, 6.07) is 0.877. The van der Waals surface area contributed by atoms with Gasteiger partial charge in [0.25, 0.3) is 0 Å². The van der Waals surface area contributed by atoms with Crippen molar-refractivity contribution in [1.82, 2.24) is 0 Å². The summed E-state index contributed by atoms with van der Waals surface area (Å²) in [6.07, 6.45) is 6.05. The smallest absolute Gasteiger partial charge is 0.344 e. The third-order valence-corrected chi connectivity index (χ3v) is 21.0. The van der Waals surface area contributed by atoms with Gasteiger partial charge in [-0.2, -0.15) is 0 Å². The lowest BCUT2D eigenvalue weighted by Gasteiger charge is -2.47. The average Bonchev–Trinajstić information content (AvgIpc) is 2.36. The predicted molar refractivity (Wildman–Crippen MR) is 106 cm³/mol. The molecular formula is C15H32O4Si4. The molecule has 0 spiro atoms. The van der Waals surface area contributed by atoms with Crippen LogP contribution in [0.25, 0.3) is 0 Å². The van der Waals surface area contributed by atoms with E-state index < -0.39 is 34.2 Å². The zero-order valence-corrected chi connectivity index (χ0v) is 19.8. The highest BCUT2D eigenvalue weighted by Crippen LogP contribution is 2.34. The molecule has 0 aromatic rings. The fraction of sp³-hybridized carbons (Fsp3) is 0.600. The van der Waals surface area contributed by atoms with E-state index in [-0.39, 0.29) is 0 Å². The highest BCUT2D eigenvalue weighted by molar-refractivity contribution is 6.97. The summed E-state index contributed by atoms with van der Waals surface area (Å²) in [5.74, 6) is 0. The van der Waals surface area contributed by atoms with E-state index in [0.29, 0.717) is 0 Å². The molecule has 0 saturated carbocycles. The van der Waals surface area contributed by atoms with Gasteiger partial charge < -0.3 is 16.5 Å². The van der Waals surface area contributed by atoms with Gasteiger partial charge in [-0.3, -0.25) is 0 Å². The van der Waals surface area contributed by atoms with Crippen LogP contribution in [0.3, 0.4) is 0 Å². The van der Waals surface area contributed by atoms with Gasteiger partial charge in [0.1, 0.15) is 0 Å². The van der Waals surface area contributed by atoms with Gasteiger partial charge in [-0.25, -0.2) is 0 Å². The molecule has 1 aliphatic rings. The Bertz CT molecular complexity index is 464. The molecule has 132 valence electrons. The Morgan fingerprint density at radius 3 is 1.17 bits per heavy atom. The zero-order valence-electron chi connectivity index (χ0n) is 15.8. The van der Waals surface area contributed by atoms with E-state index in [1.165, 1.54) is 0 Å². The van der Waals surface area contributed by atoms with Crippen LogP contribution in [0, 0.1) is 0 Å². The summed E-state index contributed by atoms with van der Waals surface area (Å²) in [7, 11) is -9.87. The SMILES string of the molecule is C/C=C\[Si]1(C)O[Si](C)(/C=C\C)O[Si](C)(CC)O[Si](C)(/C=C/C)O1. The molecular weight excluding hydrogens is 357 g/mol. The van der Waals surface area contributed by atoms with Gasteiger partial charge in [-0.05, 0) is 70.1 Å². The first-order valence-electron chi connectivity index (χ1n) is 8.29. The van der Waals surface area contributed by atoms with E-state index in [4.69, 9.17) is 16.5 Å². The lowest BCUT2D eigenvalue weighted by molar-refractivity contribution is 0.244. The van der Waals surface area contributed by atoms with Crippen molar-refractivity contribution in [2.45, 2.75) is 59.9 Å². The first-order valence-corrected chi connectivity index (χ1v) is 18.0. The molecule has 4 atom stereocenters. The fourth-order valence-corrected chi connectivity index (χ4v) is 23.1. The molecule has 0 aliphatic carbocycles. The van der Waals surface area contributed by atoms with E-state index in [9.17, 15) is 0 Å². The largest absolute Gasteiger partial charge is 0.413 e. The monoisotopic (exact) mass is 388 g/mol. The van der Waals surface area contributed by atoms with Crippen LogP contribution in [0.15, 0.2) is 35.3 Å². The molecule has 4 nitrogen and oxygen atoms in total. The van der Waals surface area contributed by atoms with Crippen molar-refractivity contribution >= 4 is 34.2 Å². The van der Waals surface area contributed by atoms with Crippen molar-refractivity contribution in [3.05, 3.63) is 35.3 Å². The van der Waals surface area contributed by atoms with Crippen LogP contribution in [-0.2, 0) is 16.5 Å². The Hall–Kier alpha value is -0.0725. The molecule has 0 aromatic carbocycles. The Kier molecular flexibility index (Phi) is 7.18. The second kappa shape index (κ2) is 7.87. The van der Waals surface area contributed by atoms with Crippen LogP contribution in [0.4, 0.5) is 0 Å². The quantitative estimate of drug-likeness (QED) is 0.653. The number of hydrogen-bond donors (Lipinski definition) is 0. The summed E-state index contributed by atoms with van der Waals surface area (Å²) < 4.78 is 26.4. The molecule has 0 aromatic heterocycles. The summed E-state index contributed by atoms with van der Waals surface area (Å²) >= 11 is 0. The molecule has 4 unspecified atom stereocenters. The summed E-state index contributed by atoms with van der Waals surface area (Å²) in [5.41, 5.74) is 6.27. The van der Waals surface area contributed by atoms with Gasteiger partial charge in [0, 0.05) is 0 Å². The Morgan fingerprint density at radius 1 is 0.609 bits per heavy atom. The fourth-order valence-electron chi connectivity index (χ4n) is 3.00. The summed E-state index contributed by atoms with van der Waals surface area (Å²) in [6.45, 7) is 16.5. The van der Waals surface area contributed by atoms with E-state index in [2.05, 4.69) is 50.2 Å². The minimum absolute atomic E-state index is 0.877. The van der Waals surface area contributed by atoms with Gasteiger partial charge >= 0.3 is 34.2 Å². The second-order valence-electron chi connectivity index (χ2n) is 6.44. The maximum Gasteiger partial charge on any atom is 0.344 e. The van der Waals surface area contributed by atoms with Crippen molar-refractivity contribution in [3.63, 3.8) is 0 Å². The minimum Gasteiger partial charge on any atom is -0.413 e. The summed E-state index contributed by atoms with van der Waals surface area (Å²) in [5, 5.41) is 0. The molecule has 1 saturated heterocycles. The van der Waals surface area contributed by atoms with E-state index in [1.807, 2.05) is 39.0 Å². The topological polar surface area (TPSA) is 36.9 Å². The van der Waals surface area contributed by atoms with Crippen molar-refractivity contribution in [1.29, 1.82) is 0 Å². The highest BCUT2D eigenvalue weighted by Gasteiger charge is 2.54. The third kappa shape index (κ3) is 5.75. The van der Waals surface area contributed by atoms with Gasteiger partial charge in [0.15, 0.2) is 0 Å². The molecule has 1 fully saturated rings. The first-order chi connectivity index (χ1) is 10.6. The van der Waals surface area contributed by atoms with Crippen molar-refractivity contribution in [2.75, 3.05) is 0 Å². The standard InChI is InChI=1S/C15H32O4Si4/c1-9-13-21(6)16-20(5,12-4)17-22(7,14-10-2)19-23(8,18-21)15-11-3/h9-11,13-15H,12H2,1-8H3/b13-9-,14-10+,15-11-. The molecule has 23 heavy (non-hydrogen) atoms. The lowest BCUT2D eigenvalue weighted by atomic mass is 10.8. The normalized spacial score (nSPS) is 43.3. The van der Waals surface area contributed by atoms with Crippen LogP contribution >= 0.6 is 0 Å². The van der Waals surface area contributed by atoms with Crippen LogP contribution in [-0.4, -0.2) is 34.2 Å². The molecule has 8 heteroatoms. The maximum absolute atomic E-state index is 6.61. The minimum atomic E-state index is -2.53. The molecule has 1 aliphatic heterocycles. The van der Waals surface area contributed by atoms with E-state index in [0.717, 1.165) is 6.04 Å².